The van der Waals surface area contributed by atoms with Crippen LogP contribution in [0.5, 0.6) is 0 Å². The van der Waals surface area contributed by atoms with E-state index in [4.69, 9.17) is 9.47 Å². The van der Waals surface area contributed by atoms with Crippen molar-refractivity contribution in [2.45, 2.75) is 12.7 Å². The zero-order valence-electron chi connectivity index (χ0n) is 14.4. The molecule has 0 saturated carbocycles. The number of aromatic nitrogens is 2. The fourth-order valence-corrected chi connectivity index (χ4v) is 3.32. The van der Waals surface area contributed by atoms with Crippen molar-refractivity contribution in [1.82, 2.24) is 9.97 Å². The first-order chi connectivity index (χ1) is 12.9. The smallest absolute Gasteiger partial charge is 0.201 e. The van der Waals surface area contributed by atoms with Crippen LogP contribution in [0.1, 0.15) is 18.4 Å². The molecule has 1 aromatic carbocycles. The number of ether oxygens (including phenoxy) is 2. The van der Waals surface area contributed by atoms with Gasteiger partial charge in [0.2, 0.25) is 6.29 Å². The van der Waals surface area contributed by atoms with E-state index in [1.165, 1.54) is 12.1 Å². The van der Waals surface area contributed by atoms with E-state index < -0.39 is 0 Å². The third kappa shape index (κ3) is 2.87. The Bertz CT molecular complexity index is 919. The fourth-order valence-electron chi connectivity index (χ4n) is 3.32. The van der Waals surface area contributed by atoms with E-state index in [0.29, 0.717) is 13.2 Å². The van der Waals surface area contributed by atoms with Crippen LogP contribution in [0.3, 0.4) is 0 Å². The minimum Gasteiger partial charge on any atom is -0.371 e. The van der Waals surface area contributed by atoms with E-state index >= 15 is 0 Å². The van der Waals surface area contributed by atoms with Crippen molar-refractivity contribution in [2.24, 2.45) is 0 Å². The third-order valence-corrected chi connectivity index (χ3v) is 4.87. The van der Waals surface area contributed by atoms with Gasteiger partial charge < -0.3 is 19.7 Å². The highest BCUT2D eigenvalue weighted by molar-refractivity contribution is 5.95. The molecule has 2 fully saturated rings. The zero-order chi connectivity index (χ0) is 17.3. The number of rotatable bonds is 4. The second-order valence-electron chi connectivity index (χ2n) is 6.57. The normalized spacial score (nSPS) is 17.5. The number of nitrogens with zero attached hydrogens (tertiary/aromatic N) is 3. The Hall–Kier alpha value is -2.70. The summed E-state index contributed by atoms with van der Waals surface area (Å²) in [5.74, 6) is 0. The Kier molecular flexibility index (Phi) is 3.92. The van der Waals surface area contributed by atoms with Crippen LogP contribution in [-0.2, 0) is 9.47 Å². The molecule has 0 bridgehead atoms. The topological polar surface area (TPSA) is 59.5 Å². The average Bonchev–Trinajstić information content (AvgIpc) is 3.16. The van der Waals surface area contributed by atoms with Gasteiger partial charge in [0.05, 0.1) is 36.3 Å². The van der Waals surface area contributed by atoms with Crippen molar-refractivity contribution >= 4 is 28.0 Å². The highest BCUT2D eigenvalue weighted by atomic mass is 16.7. The quantitative estimate of drug-likeness (QED) is 0.777. The first kappa shape index (κ1) is 15.5. The molecule has 26 heavy (non-hydrogen) atoms. The molecular formula is C20H20N4O2. The van der Waals surface area contributed by atoms with E-state index in [1.54, 1.807) is 0 Å². The second kappa shape index (κ2) is 6.55. The van der Waals surface area contributed by atoms with Crippen molar-refractivity contribution in [1.29, 1.82) is 0 Å². The van der Waals surface area contributed by atoms with Gasteiger partial charge >= 0.3 is 0 Å². The molecule has 6 heteroatoms. The summed E-state index contributed by atoms with van der Waals surface area (Å²) in [4.78, 5) is 11.3. The number of pyridine rings is 2. The molecule has 2 aromatic heterocycles. The highest BCUT2D eigenvalue weighted by Gasteiger charge is 2.19. The first-order valence-corrected chi connectivity index (χ1v) is 8.97. The number of hydrogen-bond acceptors (Lipinski definition) is 6. The Balaban J connectivity index is 1.42. The molecule has 0 spiro atoms. The Morgan fingerprint density at radius 3 is 2.62 bits per heavy atom. The van der Waals surface area contributed by atoms with Crippen molar-refractivity contribution in [2.75, 3.05) is 36.5 Å². The van der Waals surface area contributed by atoms with Crippen molar-refractivity contribution < 1.29 is 9.47 Å². The van der Waals surface area contributed by atoms with Crippen LogP contribution >= 0.6 is 0 Å². The molecule has 6 nitrogen and oxygen atoms in total. The van der Waals surface area contributed by atoms with Crippen molar-refractivity contribution in [3.05, 3.63) is 54.5 Å². The summed E-state index contributed by atoms with van der Waals surface area (Å²) >= 11 is 0. The van der Waals surface area contributed by atoms with Gasteiger partial charge in [-0.05, 0) is 42.8 Å². The summed E-state index contributed by atoms with van der Waals surface area (Å²) in [7, 11) is 0. The predicted octanol–water partition coefficient (Wildman–Crippen LogP) is 3.63. The van der Waals surface area contributed by atoms with E-state index in [1.807, 2.05) is 30.6 Å². The number of benzene rings is 1. The van der Waals surface area contributed by atoms with Gasteiger partial charge in [0, 0.05) is 36.0 Å². The van der Waals surface area contributed by atoms with E-state index in [2.05, 4.69) is 38.4 Å². The molecule has 132 valence electrons. The molecule has 2 saturated heterocycles. The second-order valence-corrected chi connectivity index (χ2v) is 6.57. The molecule has 0 amide bonds. The molecular weight excluding hydrogens is 328 g/mol. The minimum absolute atomic E-state index is 0.343. The van der Waals surface area contributed by atoms with E-state index in [-0.39, 0.29) is 6.29 Å². The number of fused-ring (bicyclic) bond motifs is 1. The molecule has 2 aliphatic rings. The molecule has 4 heterocycles. The Morgan fingerprint density at radius 2 is 1.88 bits per heavy atom. The molecule has 3 aromatic rings. The van der Waals surface area contributed by atoms with Gasteiger partial charge in [0.15, 0.2) is 0 Å². The zero-order valence-corrected chi connectivity index (χ0v) is 14.4. The lowest BCUT2D eigenvalue weighted by molar-refractivity contribution is -0.0472. The Morgan fingerprint density at radius 1 is 1.00 bits per heavy atom. The average molecular weight is 348 g/mol. The van der Waals surface area contributed by atoms with Crippen molar-refractivity contribution in [3.8, 4) is 0 Å². The van der Waals surface area contributed by atoms with Crippen LogP contribution in [0, 0.1) is 0 Å². The van der Waals surface area contributed by atoms with Crippen LogP contribution < -0.4 is 10.2 Å². The van der Waals surface area contributed by atoms with Crippen LogP contribution in [-0.4, -0.2) is 36.3 Å². The van der Waals surface area contributed by atoms with Gasteiger partial charge in [-0.25, -0.2) is 0 Å². The molecule has 0 aliphatic carbocycles. The maximum Gasteiger partial charge on any atom is 0.201 e. The molecule has 0 atom stereocenters. The molecule has 2 aliphatic heterocycles. The van der Waals surface area contributed by atoms with Gasteiger partial charge in [-0.2, -0.15) is 0 Å². The van der Waals surface area contributed by atoms with Crippen LogP contribution in [0.4, 0.5) is 17.1 Å². The van der Waals surface area contributed by atoms with Gasteiger partial charge in [0.1, 0.15) is 0 Å². The Labute approximate surface area is 151 Å². The summed E-state index contributed by atoms with van der Waals surface area (Å²) in [6, 6.07) is 12.4. The standard InChI is InChI=1S/C20H20N4O2/c1-8-24(9-1)15-3-5-17-16(12-15)18(6-7-21-17)23-14-2-4-19(22-13-14)20-25-10-11-26-20/h2-7,12-13,20H,1,8-11H2,(H,21,23). The molecule has 0 radical (unpaired) electrons. The molecule has 5 rings (SSSR count). The number of anilines is 3. The van der Waals surface area contributed by atoms with Gasteiger partial charge in [0.25, 0.3) is 0 Å². The summed E-state index contributed by atoms with van der Waals surface area (Å²) in [5, 5.41) is 4.58. The van der Waals surface area contributed by atoms with Crippen molar-refractivity contribution in [3.63, 3.8) is 0 Å². The maximum absolute atomic E-state index is 5.49. The van der Waals surface area contributed by atoms with Crippen LogP contribution in [0.15, 0.2) is 48.8 Å². The summed E-state index contributed by atoms with van der Waals surface area (Å²) in [6.45, 7) is 3.50. The lowest BCUT2D eigenvalue weighted by atomic mass is 10.1. The SMILES string of the molecule is c1cc(Nc2ccc(C3OCCO3)nc2)c2cc(N3CCC3)ccc2n1. The highest BCUT2D eigenvalue weighted by Crippen LogP contribution is 2.31. The maximum atomic E-state index is 5.49. The monoisotopic (exact) mass is 348 g/mol. The van der Waals surface area contributed by atoms with Crippen LogP contribution in [0.25, 0.3) is 10.9 Å². The molecule has 0 unspecified atom stereocenters. The summed E-state index contributed by atoms with van der Waals surface area (Å²) in [6.07, 6.45) is 4.56. The first-order valence-electron chi connectivity index (χ1n) is 8.97. The summed E-state index contributed by atoms with van der Waals surface area (Å²) < 4.78 is 11.0. The lowest BCUT2D eigenvalue weighted by Gasteiger charge is -2.33. The number of nitrogens with one attached hydrogen (secondary N) is 1. The third-order valence-electron chi connectivity index (χ3n) is 4.87. The van der Waals surface area contributed by atoms with Gasteiger partial charge in [-0.15, -0.1) is 0 Å². The lowest BCUT2D eigenvalue weighted by Crippen LogP contribution is -2.36. The molecule has 1 N–H and O–H groups in total. The number of hydrogen-bond donors (Lipinski definition) is 1. The predicted molar refractivity (Wildman–Crippen MR) is 101 cm³/mol. The van der Waals surface area contributed by atoms with E-state index in [9.17, 15) is 0 Å². The summed E-state index contributed by atoms with van der Waals surface area (Å²) in [5.41, 5.74) is 4.99. The van der Waals surface area contributed by atoms with Gasteiger partial charge in [-0.1, -0.05) is 0 Å². The van der Waals surface area contributed by atoms with Crippen LogP contribution in [0.2, 0.25) is 0 Å². The van der Waals surface area contributed by atoms with E-state index in [0.717, 1.165) is 41.1 Å². The van der Waals surface area contributed by atoms with Gasteiger partial charge in [-0.3, -0.25) is 9.97 Å². The minimum atomic E-state index is -0.343. The fraction of sp³-hybridized carbons (Fsp3) is 0.300. The largest absolute Gasteiger partial charge is 0.371 e.